The first-order valence-corrected chi connectivity index (χ1v) is 6.63. The molecule has 0 aliphatic carbocycles. The summed E-state index contributed by atoms with van der Waals surface area (Å²) in [6.07, 6.45) is -6.94. The molecule has 2 aromatic heterocycles. The standard InChI is InChI=1S/C13H11F6N5/c14-12(15,16)8-1-3-20-10(7-8)21-5-6-23-11-22-4-2-9(24-11)13(17,18)19/h1-4,7H,5-6H2,(H,20,21)(H,22,23,24)/p+1. The lowest BCUT2D eigenvalue weighted by Gasteiger charge is -2.08. The van der Waals surface area contributed by atoms with Gasteiger partial charge in [0.05, 0.1) is 18.3 Å². The van der Waals surface area contributed by atoms with Crippen molar-refractivity contribution in [2.75, 3.05) is 23.7 Å². The molecule has 0 bridgehead atoms. The molecule has 11 heteroatoms. The summed E-state index contributed by atoms with van der Waals surface area (Å²) in [5, 5.41) is 5.23. The summed E-state index contributed by atoms with van der Waals surface area (Å²) in [6.45, 7) is 0.239. The highest BCUT2D eigenvalue weighted by molar-refractivity contribution is 5.34. The van der Waals surface area contributed by atoms with E-state index in [1.165, 1.54) is 0 Å². The van der Waals surface area contributed by atoms with Crippen molar-refractivity contribution < 1.29 is 31.3 Å². The third kappa shape index (κ3) is 4.96. The number of pyridine rings is 1. The zero-order valence-corrected chi connectivity index (χ0v) is 12.0. The molecular formula is C13H12F6N5+. The Hall–Kier alpha value is -2.59. The summed E-state index contributed by atoms with van der Waals surface area (Å²) in [6, 6.07) is 2.52. The summed E-state index contributed by atoms with van der Waals surface area (Å²) < 4.78 is 75.1. The molecule has 0 aliphatic rings. The molecule has 2 rings (SSSR count). The molecule has 24 heavy (non-hydrogen) atoms. The van der Waals surface area contributed by atoms with E-state index in [1.807, 2.05) is 0 Å². The van der Waals surface area contributed by atoms with Gasteiger partial charge in [0.25, 0.3) is 5.82 Å². The van der Waals surface area contributed by atoms with Crippen LogP contribution in [0.4, 0.5) is 38.1 Å². The number of nitrogens with zero attached hydrogens (tertiary/aromatic N) is 2. The molecule has 0 saturated carbocycles. The molecule has 0 unspecified atom stereocenters. The number of anilines is 2. The highest BCUT2D eigenvalue weighted by Crippen LogP contribution is 2.29. The van der Waals surface area contributed by atoms with E-state index in [0.29, 0.717) is 0 Å². The lowest BCUT2D eigenvalue weighted by Crippen LogP contribution is -2.21. The molecule has 0 spiro atoms. The minimum atomic E-state index is -4.58. The Bertz CT molecular complexity index is 626. The van der Waals surface area contributed by atoms with Crippen molar-refractivity contribution in [3.63, 3.8) is 0 Å². The maximum Gasteiger partial charge on any atom is 0.433 e. The summed E-state index contributed by atoms with van der Waals surface area (Å²) >= 11 is 0. The molecule has 2 aromatic rings. The number of alkyl halides is 6. The molecule has 3 N–H and O–H groups in total. The summed E-state index contributed by atoms with van der Waals surface area (Å²) in [7, 11) is 0. The Balaban J connectivity index is 1.88. The number of aromatic amines is 1. The third-order valence-corrected chi connectivity index (χ3v) is 2.80. The molecule has 0 radical (unpaired) electrons. The molecule has 130 valence electrons. The second-order valence-electron chi connectivity index (χ2n) is 4.61. The minimum absolute atomic E-state index is 0.103. The molecule has 0 fully saturated rings. The Kier molecular flexibility index (Phi) is 5.10. The van der Waals surface area contributed by atoms with E-state index in [1.54, 1.807) is 0 Å². The van der Waals surface area contributed by atoms with Crippen LogP contribution in [0.3, 0.4) is 0 Å². The fraction of sp³-hybridized carbons (Fsp3) is 0.308. The monoisotopic (exact) mass is 352 g/mol. The van der Waals surface area contributed by atoms with Crippen molar-refractivity contribution in [3.05, 3.63) is 41.9 Å². The van der Waals surface area contributed by atoms with Crippen LogP contribution in [0.15, 0.2) is 30.6 Å². The van der Waals surface area contributed by atoms with Crippen molar-refractivity contribution in [2.45, 2.75) is 12.4 Å². The van der Waals surface area contributed by atoms with Gasteiger partial charge in [-0.25, -0.2) is 15.0 Å². The van der Waals surface area contributed by atoms with Gasteiger partial charge < -0.3 is 5.32 Å². The van der Waals surface area contributed by atoms with Crippen molar-refractivity contribution in [1.82, 2.24) is 9.97 Å². The van der Waals surface area contributed by atoms with Crippen molar-refractivity contribution in [1.29, 1.82) is 0 Å². The molecule has 0 atom stereocenters. The molecule has 5 nitrogen and oxygen atoms in total. The number of hydrogen-bond donors (Lipinski definition) is 2. The molecule has 0 aliphatic heterocycles. The van der Waals surface area contributed by atoms with Gasteiger partial charge in [-0.2, -0.15) is 26.3 Å². The van der Waals surface area contributed by atoms with Crippen LogP contribution < -0.4 is 15.6 Å². The van der Waals surface area contributed by atoms with Gasteiger partial charge in [-0.3, -0.25) is 5.32 Å². The van der Waals surface area contributed by atoms with Gasteiger partial charge in [0.15, 0.2) is 0 Å². The predicted octanol–water partition coefficient (Wildman–Crippen LogP) is 2.85. The SMILES string of the molecule is FC(F)(F)c1cc[nH+]c(NCCNc2nccc(C(F)(F)F)n2)c1. The third-order valence-electron chi connectivity index (χ3n) is 2.80. The topological polar surface area (TPSA) is 64.0 Å². The van der Waals surface area contributed by atoms with Gasteiger partial charge in [0.2, 0.25) is 5.95 Å². The Morgan fingerprint density at radius 1 is 0.958 bits per heavy atom. The smallest absolute Gasteiger partial charge is 0.350 e. The van der Waals surface area contributed by atoms with Gasteiger partial charge in [-0.1, -0.05) is 0 Å². The van der Waals surface area contributed by atoms with Crippen LogP contribution in [0.5, 0.6) is 0 Å². The van der Waals surface area contributed by atoms with E-state index in [9.17, 15) is 26.3 Å². The maximum absolute atomic E-state index is 12.5. The van der Waals surface area contributed by atoms with Crippen LogP contribution in [0, 0.1) is 0 Å². The number of halogens is 6. The van der Waals surface area contributed by atoms with Crippen LogP contribution in [0.25, 0.3) is 0 Å². The average molecular weight is 352 g/mol. The lowest BCUT2D eigenvalue weighted by atomic mass is 10.2. The number of aromatic nitrogens is 3. The van der Waals surface area contributed by atoms with Gasteiger partial charge in [-0.05, 0) is 12.1 Å². The molecule has 0 saturated heterocycles. The zero-order valence-electron chi connectivity index (χ0n) is 12.0. The minimum Gasteiger partial charge on any atom is -0.350 e. The lowest BCUT2D eigenvalue weighted by molar-refractivity contribution is -0.361. The molecular weight excluding hydrogens is 340 g/mol. The van der Waals surface area contributed by atoms with Crippen LogP contribution >= 0.6 is 0 Å². The van der Waals surface area contributed by atoms with Crippen LogP contribution in [0.2, 0.25) is 0 Å². The predicted molar refractivity (Wildman–Crippen MR) is 72.0 cm³/mol. The van der Waals surface area contributed by atoms with E-state index in [2.05, 4.69) is 25.6 Å². The largest absolute Gasteiger partial charge is 0.433 e. The summed E-state index contributed by atoms with van der Waals surface area (Å²) in [5.74, 6) is -0.101. The number of hydrogen-bond acceptors (Lipinski definition) is 4. The van der Waals surface area contributed by atoms with Gasteiger partial charge in [-0.15, -0.1) is 0 Å². The van der Waals surface area contributed by atoms with Gasteiger partial charge in [0, 0.05) is 12.3 Å². The van der Waals surface area contributed by atoms with Crippen molar-refractivity contribution in [3.8, 4) is 0 Å². The number of rotatable bonds is 5. The first kappa shape index (κ1) is 17.8. The fourth-order valence-corrected chi connectivity index (χ4v) is 1.72. The zero-order chi connectivity index (χ0) is 17.8. The first-order valence-electron chi connectivity index (χ1n) is 6.63. The number of nitrogens with one attached hydrogen (secondary N) is 3. The fourth-order valence-electron chi connectivity index (χ4n) is 1.72. The van der Waals surface area contributed by atoms with Crippen LogP contribution in [0.1, 0.15) is 11.3 Å². The van der Waals surface area contributed by atoms with Crippen molar-refractivity contribution in [2.24, 2.45) is 0 Å². The van der Waals surface area contributed by atoms with E-state index >= 15 is 0 Å². The average Bonchev–Trinajstić information content (AvgIpc) is 2.51. The highest BCUT2D eigenvalue weighted by Gasteiger charge is 2.33. The second kappa shape index (κ2) is 6.89. The first-order chi connectivity index (χ1) is 11.2. The van der Waals surface area contributed by atoms with Gasteiger partial charge in [0.1, 0.15) is 12.2 Å². The van der Waals surface area contributed by atoms with Crippen LogP contribution in [-0.4, -0.2) is 23.1 Å². The highest BCUT2D eigenvalue weighted by atomic mass is 19.4. The molecule has 0 aromatic carbocycles. The summed E-state index contributed by atoms with van der Waals surface area (Å²) in [5.41, 5.74) is -1.91. The number of H-pyrrole nitrogens is 1. The van der Waals surface area contributed by atoms with Crippen LogP contribution in [-0.2, 0) is 12.4 Å². The normalized spacial score (nSPS) is 12.1. The Labute approximate surface area is 132 Å². The maximum atomic E-state index is 12.5. The molecule has 0 amide bonds. The van der Waals surface area contributed by atoms with E-state index in [0.717, 1.165) is 30.6 Å². The van der Waals surface area contributed by atoms with E-state index in [-0.39, 0.29) is 24.9 Å². The Morgan fingerprint density at radius 3 is 2.33 bits per heavy atom. The van der Waals surface area contributed by atoms with Gasteiger partial charge >= 0.3 is 12.4 Å². The summed E-state index contributed by atoms with van der Waals surface area (Å²) in [4.78, 5) is 9.53. The quantitative estimate of drug-likeness (QED) is 0.642. The second-order valence-corrected chi connectivity index (χ2v) is 4.61. The van der Waals surface area contributed by atoms with E-state index < -0.39 is 23.6 Å². The molecule has 2 heterocycles. The Morgan fingerprint density at radius 2 is 1.67 bits per heavy atom. The van der Waals surface area contributed by atoms with E-state index in [4.69, 9.17) is 0 Å². The van der Waals surface area contributed by atoms with Crippen molar-refractivity contribution >= 4 is 11.8 Å².